The second-order valence-electron chi connectivity index (χ2n) is 2.42. The standard InChI is InChI=1S/C5H5N.C3H4N4O2/c1-2-4-6-5-3-1;4-2-3(7(8)9)6-1-5-2/h1-5H;1H,4H2,(H,5,6). The third-order valence-electron chi connectivity index (χ3n) is 1.40. The van der Waals surface area contributed by atoms with E-state index in [0.29, 0.717) is 0 Å². The van der Waals surface area contributed by atoms with E-state index in [-0.39, 0.29) is 11.6 Å². The molecule has 2 heterocycles. The summed E-state index contributed by atoms with van der Waals surface area (Å²) < 4.78 is 0. The summed E-state index contributed by atoms with van der Waals surface area (Å²) in [5, 5.41) is 9.94. The number of nitro groups is 1. The first-order valence-electron chi connectivity index (χ1n) is 4.00. The molecule has 0 fully saturated rings. The Morgan fingerprint density at radius 3 is 2.20 bits per heavy atom. The van der Waals surface area contributed by atoms with Gasteiger partial charge in [-0.25, -0.2) is 4.98 Å². The van der Waals surface area contributed by atoms with Gasteiger partial charge in [0.1, 0.15) is 0 Å². The van der Waals surface area contributed by atoms with E-state index in [2.05, 4.69) is 15.0 Å². The second kappa shape index (κ2) is 5.32. The number of imidazole rings is 1. The van der Waals surface area contributed by atoms with Crippen molar-refractivity contribution in [1.82, 2.24) is 15.0 Å². The lowest BCUT2D eigenvalue weighted by molar-refractivity contribution is -0.388. The number of H-pyrrole nitrogens is 1. The Bertz CT molecular complexity index is 387. The van der Waals surface area contributed by atoms with Crippen LogP contribution in [0.15, 0.2) is 36.9 Å². The molecule has 0 aromatic carbocycles. The number of rotatable bonds is 1. The Labute approximate surface area is 85.1 Å². The van der Waals surface area contributed by atoms with Crippen LogP contribution in [-0.2, 0) is 0 Å². The molecule has 0 amide bonds. The van der Waals surface area contributed by atoms with E-state index >= 15 is 0 Å². The summed E-state index contributed by atoms with van der Waals surface area (Å²) >= 11 is 0. The van der Waals surface area contributed by atoms with Gasteiger partial charge in [0.25, 0.3) is 0 Å². The maximum absolute atomic E-state index is 9.94. The Kier molecular flexibility index (Phi) is 3.78. The van der Waals surface area contributed by atoms with Crippen molar-refractivity contribution in [2.24, 2.45) is 0 Å². The molecule has 0 saturated carbocycles. The number of hydrogen-bond acceptors (Lipinski definition) is 5. The third-order valence-corrected chi connectivity index (χ3v) is 1.40. The van der Waals surface area contributed by atoms with Crippen molar-refractivity contribution in [3.8, 4) is 0 Å². The summed E-state index contributed by atoms with van der Waals surface area (Å²) in [6.45, 7) is 0. The number of aromatic nitrogens is 3. The summed E-state index contributed by atoms with van der Waals surface area (Å²) in [5.41, 5.74) is 5.06. The van der Waals surface area contributed by atoms with Crippen molar-refractivity contribution in [2.75, 3.05) is 5.73 Å². The zero-order chi connectivity index (χ0) is 11.1. The molecule has 0 saturated heterocycles. The fraction of sp³-hybridized carbons (Fsp3) is 0. The lowest BCUT2D eigenvalue weighted by Gasteiger charge is -1.87. The largest absolute Gasteiger partial charge is 0.377 e. The van der Waals surface area contributed by atoms with Crippen molar-refractivity contribution in [3.05, 3.63) is 47.0 Å². The summed E-state index contributed by atoms with van der Waals surface area (Å²) in [6.07, 6.45) is 4.67. The number of nitrogen functional groups attached to an aromatic ring is 1. The maximum Gasteiger partial charge on any atom is 0.364 e. The molecular weight excluding hydrogens is 198 g/mol. The number of nitrogens with one attached hydrogen (secondary N) is 1. The average Bonchev–Trinajstić information content (AvgIpc) is 2.68. The van der Waals surface area contributed by atoms with Gasteiger partial charge in [-0.1, -0.05) is 6.07 Å². The molecule has 0 aliphatic carbocycles. The third kappa shape index (κ3) is 3.43. The first kappa shape index (κ1) is 10.6. The molecule has 2 aromatic heterocycles. The first-order valence-corrected chi connectivity index (χ1v) is 4.00. The smallest absolute Gasteiger partial charge is 0.364 e. The SMILES string of the molecule is Nc1nc[nH]c1[N+](=O)[O-].c1ccncc1. The Hall–Kier alpha value is -2.44. The van der Waals surface area contributed by atoms with E-state index in [4.69, 9.17) is 5.73 Å². The predicted octanol–water partition coefficient (Wildman–Crippen LogP) is 0.982. The molecule has 15 heavy (non-hydrogen) atoms. The quantitative estimate of drug-likeness (QED) is 0.534. The number of pyridine rings is 1. The second-order valence-corrected chi connectivity index (χ2v) is 2.42. The zero-order valence-electron chi connectivity index (χ0n) is 7.70. The number of aromatic amines is 1. The predicted molar refractivity (Wildman–Crippen MR) is 53.9 cm³/mol. The maximum atomic E-state index is 9.94. The zero-order valence-corrected chi connectivity index (χ0v) is 7.70. The fourth-order valence-corrected chi connectivity index (χ4v) is 0.757. The molecule has 2 aromatic rings. The van der Waals surface area contributed by atoms with Crippen molar-refractivity contribution in [1.29, 1.82) is 0 Å². The molecule has 0 unspecified atom stereocenters. The Balaban J connectivity index is 0.000000162. The van der Waals surface area contributed by atoms with Crippen LogP contribution in [0.2, 0.25) is 0 Å². The van der Waals surface area contributed by atoms with Crippen molar-refractivity contribution in [3.63, 3.8) is 0 Å². The van der Waals surface area contributed by atoms with Crippen LogP contribution in [0.25, 0.3) is 0 Å². The van der Waals surface area contributed by atoms with Crippen LogP contribution in [0.1, 0.15) is 0 Å². The van der Waals surface area contributed by atoms with Crippen molar-refractivity contribution < 1.29 is 4.92 Å². The molecule has 0 atom stereocenters. The lowest BCUT2D eigenvalue weighted by atomic mass is 10.5. The Morgan fingerprint density at radius 2 is 2.00 bits per heavy atom. The van der Waals surface area contributed by atoms with Crippen LogP contribution < -0.4 is 5.73 Å². The summed E-state index contributed by atoms with van der Waals surface area (Å²) in [7, 11) is 0. The van der Waals surface area contributed by atoms with Crippen LogP contribution in [0, 0.1) is 10.1 Å². The van der Waals surface area contributed by atoms with Gasteiger partial charge in [-0.15, -0.1) is 0 Å². The molecule has 78 valence electrons. The minimum Gasteiger partial charge on any atom is -0.377 e. The van der Waals surface area contributed by atoms with Crippen LogP contribution in [0.4, 0.5) is 11.6 Å². The fourth-order valence-electron chi connectivity index (χ4n) is 0.757. The highest BCUT2D eigenvalue weighted by Crippen LogP contribution is 2.12. The Morgan fingerprint density at radius 1 is 1.33 bits per heavy atom. The molecule has 3 N–H and O–H groups in total. The van der Waals surface area contributed by atoms with Gasteiger partial charge >= 0.3 is 5.82 Å². The van der Waals surface area contributed by atoms with E-state index in [1.807, 2.05) is 18.2 Å². The summed E-state index contributed by atoms with van der Waals surface area (Å²) in [4.78, 5) is 18.8. The molecule has 2 rings (SSSR count). The van der Waals surface area contributed by atoms with E-state index in [1.165, 1.54) is 6.33 Å². The van der Waals surface area contributed by atoms with Gasteiger partial charge in [-0.2, -0.15) is 4.98 Å². The van der Waals surface area contributed by atoms with E-state index in [9.17, 15) is 10.1 Å². The minimum absolute atomic E-state index is 0.0833. The monoisotopic (exact) mass is 207 g/mol. The van der Waals surface area contributed by atoms with Crippen molar-refractivity contribution in [2.45, 2.75) is 0 Å². The van der Waals surface area contributed by atoms with Gasteiger partial charge in [0.05, 0.1) is 0 Å². The molecule has 7 heteroatoms. The van der Waals surface area contributed by atoms with Gasteiger partial charge in [-0.3, -0.25) is 4.98 Å². The minimum atomic E-state index is -0.623. The van der Waals surface area contributed by atoms with Gasteiger partial charge in [0.15, 0.2) is 6.33 Å². The molecule has 0 spiro atoms. The molecular formula is C8H9N5O2. The van der Waals surface area contributed by atoms with E-state index < -0.39 is 4.92 Å². The molecule has 0 aliphatic rings. The highest BCUT2D eigenvalue weighted by atomic mass is 16.6. The van der Waals surface area contributed by atoms with Crippen molar-refractivity contribution >= 4 is 11.6 Å². The topological polar surface area (TPSA) is 111 Å². The molecule has 0 aliphatic heterocycles. The van der Waals surface area contributed by atoms with Gasteiger partial charge in [-0.05, 0) is 17.1 Å². The van der Waals surface area contributed by atoms with Crippen LogP contribution in [-0.4, -0.2) is 19.9 Å². The van der Waals surface area contributed by atoms with Crippen LogP contribution in [0.5, 0.6) is 0 Å². The average molecular weight is 207 g/mol. The number of hydrogen-bond donors (Lipinski definition) is 2. The van der Waals surface area contributed by atoms with Crippen LogP contribution >= 0.6 is 0 Å². The van der Waals surface area contributed by atoms with Gasteiger partial charge in [0.2, 0.25) is 5.82 Å². The molecule has 7 nitrogen and oxygen atoms in total. The highest BCUT2D eigenvalue weighted by Gasteiger charge is 2.09. The van der Waals surface area contributed by atoms with Gasteiger partial charge in [0, 0.05) is 12.4 Å². The molecule has 0 radical (unpaired) electrons. The summed E-state index contributed by atoms with van der Waals surface area (Å²) in [5.74, 6) is -0.338. The van der Waals surface area contributed by atoms with Gasteiger partial charge < -0.3 is 15.8 Å². The first-order chi connectivity index (χ1) is 7.22. The molecule has 0 bridgehead atoms. The summed E-state index contributed by atoms with van der Waals surface area (Å²) in [6, 6.07) is 5.72. The van der Waals surface area contributed by atoms with E-state index in [1.54, 1.807) is 12.4 Å². The van der Waals surface area contributed by atoms with Crippen LogP contribution in [0.3, 0.4) is 0 Å². The van der Waals surface area contributed by atoms with E-state index in [0.717, 1.165) is 0 Å². The number of anilines is 1. The normalized spacial score (nSPS) is 8.80. The number of nitrogens with two attached hydrogens (primary N) is 1. The number of nitrogens with zero attached hydrogens (tertiary/aromatic N) is 3. The lowest BCUT2D eigenvalue weighted by Crippen LogP contribution is -1.93. The highest BCUT2D eigenvalue weighted by molar-refractivity contribution is 5.45.